The highest BCUT2D eigenvalue weighted by Crippen LogP contribution is 2.08. The van der Waals surface area contributed by atoms with Crippen molar-refractivity contribution in [3.63, 3.8) is 0 Å². The Balaban J connectivity index is 1.84. The third-order valence-electron chi connectivity index (χ3n) is 2.23. The highest BCUT2D eigenvalue weighted by atomic mass is 32.1. The Kier molecular flexibility index (Phi) is 4.09. The minimum absolute atomic E-state index is 0.443. The number of anilines is 1. The van der Waals surface area contributed by atoms with Crippen LogP contribution in [-0.4, -0.2) is 11.3 Å². The van der Waals surface area contributed by atoms with Crippen molar-refractivity contribution >= 4 is 29.2 Å². The van der Waals surface area contributed by atoms with E-state index in [0.717, 1.165) is 11.3 Å². The Morgan fingerprint density at radius 3 is 2.72 bits per heavy atom. The first kappa shape index (κ1) is 12.3. The minimum atomic E-state index is 0.443. The largest absolute Gasteiger partial charge is 0.472 e. The lowest BCUT2D eigenvalue weighted by molar-refractivity contribution is 0.567. The monoisotopic (exact) mass is 259 g/mol. The van der Waals surface area contributed by atoms with Crippen LogP contribution in [0.2, 0.25) is 0 Å². The molecular formula is C13H13N3OS. The Hall–Kier alpha value is -2.14. The molecule has 0 atom stereocenters. The van der Waals surface area contributed by atoms with Crippen LogP contribution < -0.4 is 10.7 Å². The van der Waals surface area contributed by atoms with Crippen molar-refractivity contribution in [3.05, 3.63) is 54.0 Å². The zero-order chi connectivity index (χ0) is 12.8. The Morgan fingerprint density at radius 1 is 1.28 bits per heavy atom. The van der Waals surface area contributed by atoms with Gasteiger partial charge in [-0.15, -0.1) is 0 Å². The number of nitrogens with zero attached hydrogens (tertiary/aromatic N) is 1. The van der Waals surface area contributed by atoms with Gasteiger partial charge in [0, 0.05) is 11.3 Å². The second-order valence-electron chi connectivity index (χ2n) is 3.75. The highest BCUT2D eigenvalue weighted by Gasteiger charge is 1.95. The molecule has 2 N–H and O–H groups in total. The van der Waals surface area contributed by atoms with Crippen molar-refractivity contribution in [2.75, 3.05) is 5.32 Å². The van der Waals surface area contributed by atoms with Gasteiger partial charge in [0.25, 0.3) is 0 Å². The second-order valence-corrected chi connectivity index (χ2v) is 4.16. The van der Waals surface area contributed by atoms with Crippen LogP contribution >= 0.6 is 12.2 Å². The number of rotatable bonds is 3. The van der Waals surface area contributed by atoms with Crippen LogP contribution in [0.3, 0.4) is 0 Å². The molecule has 1 aromatic carbocycles. The summed E-state index contributed by atoms with van der Waals surface area (Å²) in [5, 5.41) is 7.46. The third-order valence-corrected chi connectivity index (χ3v) is 2.43. The topological polar surface area (TPSA) is 49.6 Å². The predicted octanol–water partition coefficient (Wildman–Crippen LogP) is 2.91. The average Bonchev–Trinajstić information content (AvgIpc) is 2.85. The van der Waals surface area contributed by atoms with Crippen molar-refractivity contribution < 1.29 is 4.42 Å². The van der Waals surface area contributed by atoms with Crippen LogP contribution in [0.4, 0.5) is 5.69 Å². The van der Waals surface area contributed by atoms with Crippen molar-refractivity contribution in [1.82, 2.24) is 5.43 Å². The zero-order valence-corrected chi connectivity index (χ0v) is 10.7. The van der Waals surface area contributed by atoms with E-state index in [2.05, 4.69) is 15.8 Å². The number of hydrogen-bond donors (Lipinski definition) is 2. The van der Waals surface area contributed by atoms with Crippen molar-refractivity contribution in [2.24, 2.45) is 5.10 Å². The van der Waals surface area contributed by atoms with Gasteiger partial charge in [0.1, 0.15) is 0 Å². The van der Waals surface area contributed by atoms with Crippen LogP contribution in [0.5, 0.6) is 0 Å². The molecule has 0 unspecified atom stereocenters. The lowest BCUT2D eigenvalue weighted by Crippen LogP contribution is -2.23. The molecule has 5 heteroatoms. The van der Waals surface area contributed by atoms with Gasteiger partial charge in [0.05, 0.1) is 18.7 Å². The fourth-order valence-corrected chi connectivity index (χ4v) is 1.48. The van der Waals surface area contributed by atoms with E-state index in [0.29, 0.717) is 5.11 Å². The maximum atomic E-state index is 5.10. The van der Waals surface area contributed by atoms with Gasteiger partial charge in [-0.05, 0) is 37.3 Å². The van der Waals surface area contributed by atoms with Crippen LogP contribution in [0.25, 0.3) is 0 Å². The lowest BCUT2D eigenvalue weighted by atomic mass is 10.2. The van der Waals surface area contributed by atoms with Gasteiger partial charge in [-0.2, -0.15) is 5.10 Å². The van der Waals surface area contributed by atoms with Crippen molar-refractivity contribution in [2.45, 2.75) is 6.92 Å². The molecule has 2 aromatic rings. The van der Waals surface area contributed by atoms with Gasteiger partial charge in [-0.3, -0.25) is 5.43 Å². The average molecular weight is 259 g/mol. The van der Waals surface area contributed by atoms with Crippen molar-refractivity contribution in [1.29, 1.82) is 0 Å². The molecule has 0 fully saturated rings. The molecule has 18 heavy (non-hydrogen) atoms. The fourth-order valence-electron chi connectivity index (χ4n) is 1.31. The standard InChI is InChI=1S/C13H13N3OS/c1-10-2-4-12(5-3-10)15-13(18)16-14-8-11-6-7-17-9-11/h2-9H,1H3,(H2,15,16,18)/b14-8+. The summed E-state index contributed by atoms with van der Waals surface area (Å²) >= 11 is 5.10. The highest BCUT2D eigenvalue weighted by molar-refractivity contribution is 7.80. The Labute approximate surface area is 111 Å². The fraction of sp³-hybridized carbons (Fsp3) is 0.0769. The summed E-state index contributed by atoms with van der Waals surface area (Å²) in [7, 11) is 0. The van der Waals surface area contributed by atoms with Crippen LogP contribution in [-0.2, 0) is 0 Å². The predicted molar refractivity (Wildman–Crippen MR) is 76.8 cm³/mol. The third kappa shape index (κ3) is 3.71. The van der Waals surface area contributed by atoms with E-state index >= 15 is 0 Å². The Bertz CT molecular complexity index is 532. The van der Waals surface area contributed by atoms with Crippen LogP contribution in [0.15, 0.2) is 52.4 Å². The van der Waals surface area contributed by atoms with Gasteiger partial charge in [0.15, 0.2) is 5.11 Å². The van der Waals surface area contributed by atoms with Gasteiger partial charge < -0.3 is 9.73 Å². The normalized spacial score (nSPS) is 10.5. The quantitative estimate of drug-likeness (QED) is 0.505. The first-order valence-corrected chi connectivity index (χ1v) is 5.84. The first-order chi connectivity index (χ1) is 8.74. The number of hydrazone groups is 1. The number of hydrogen-bond acceptors (Lipinski definition) is 3. The zero-order valence-electron chi connectivity index (χ0n) is 9.88. The maximum absolute atomic E-state index is 5.10. The summed E-state index contributed by atoms with van der Waals surface area (Å²) in [6.45, 7) is 2.04. The molecule has 0 spiro atoms. The molecule has 1 aromatic heterocycles. The number of aryl methyl sites for hydroxylation is 1. The molecular weight excluding hydrogens is 246 g/mol. The lowest BCUT2D eigenvalue weighted by Gasteiger charge is -2.06. The van der Waals surface area contributed by atoms with Crippen LogP contribution in [0.1, 0.15) is 11.1 Å². The summed E-state index contributed by atoms with van der Waals surface area (Å²) in [5.41, 5.74) is 5.74. The summed E-state index contributed by atoms with van der Waals surface area (Å²) in [6, 6.07) is 9.76. The van der Waals surface area contributed by atoms with Crippen molar-refractivity contribution in [3.8, 4) is 0 Å². The summed E-state index contributed by atoms with van der Waals surface area (Å²) in [4.78, 5) is 0. The smallest absolute Gasteiger partial charge is 0.191 e. The molecule has 0 aliphatic heterocycles. The molecule has 0 aliphatic rings. The molecule has 0 aliphatic carbocycles. The summed E-state index contributed by atoms with van der Waals surface area (Å²) < 4.78 is 4.91. The van der Waals surface area contributed by atoms with Gasteiger partial charge in [0.2, 0.25) is 0 Å². The van der Waals surface area contributed by atoms with E-state index in [1.54, 1.807) is 18.7 Å². The SMILES string of the molecule is Cc1ccc(NC(=S)N/N=C/c2ccoc2)cc1. The van der Waals surface area contributed by atoms with E-state index in [1.165, 1.54) is 5.56 Å². The molecule has 1 heterocycles. The minimum Gasteiger partial charge on any atom is -0.472 e. The number of thiocarbonyl (C=S) groups is 1. The molecule has 0 saturated carbocycles. The van der Waals surface area contributed by atoms with Crippen LogP contribution in [0, 0.1) is 6.92 Å². The molecule has 0 radical (unpaired) electrons. The maximum Gasteiger partial charge on any atom is 0.191 e. The van der Waals surface area contributed by atoms with Gasteiger partial charge in [-0.1, -0.05) is 17.7 Å². The van der Waals surface area contributed by atoms with E-state index in [1.807, 2.05) is 37.3 Å². The molecule has 2 rings (SSSR count). The molecule has 4 nitrogen and oxygen atoms in total. The molecule has 0 saturated heterocycles. The second kappa shape index (κ2) is 5.97. The first-order valence-electron chi connectivity index (χ1n) is 5.43. The van der Waals surface area contributed by atoms with Gasteiger partial charge >= 0.3 is 0 Å². The van der Waals surface area contributed by atoms with E-state index in [4.69, 9.17) is 16.6 Å². The Morgan fingerprint density at radius 2 is 2.06 bits per heavy atom. The summed E-state index contributed by atoms with van der Waals surface area (Å²) in [5.74, 6) is 0. The van der Waals surface area contributed by atoms with E-state index in [-0.39, 0.29) is 0 Å². The van der Waals surface area contributed by atoms with Gasteiger partial charge in [-0.25, -0.2) is 0 Å². The van der Waals surface area contributed by atoms with E-state index in [9.17, 15) is 0 Å². The number of benzene rings is 1. The molecule has 0 bridgehead atoms. The number of nitrogens with one attached hydrogen (secondary N) is 2. The summed E-state index contributed by atoms with van der Waals surface area (Å²) in [6.07, 6.45) is 4.82. The van der Waals surface area contributed by atoms with E-state index < -0.39 is 0 Å². The number of furan rings is 1. The molecule has 92 valence electrons. The molecule has 0 amide bonds.